The summed E-state index contributed by atoms with van der Waals surface area (Å²) in [4.78, 5) is 14.7. The molecule has 1 N–H and O–H groups in total. The lowest BCUT2D eigenvalue weighted by Gasteiger charge is -2.36. The van der Waals surface area contributed by atoms with E-state index < -0.39 is 10.0 Å². The van der Waals surface area contributed by atoms with Crippen LogP contribution in [0.5, 0.6) is 0 Å². The van der Waals surface area contributed by atoms with E-state index in [1.165, 1.54) is 4.31 Å². The maximum atomic E-state index is 12.7. The number of likely N-dealkylation sites (tertiary alicyclic amines) is 1. The summed E-state index contributed by atoms with van der Waals surface area (Å²) in [6, 6.07) is 6.88. The minimum atomic E-state index is -3.48. The van der Waals surface area contributed by atoms with Crippen molar-refractivity contribution in [3.8, 4) is 0 Å². The summed E-state index contributed by atoms with van der Waals surface area (Å²) in [5.41, 5.74) is 1.02. The number of hydrogen-bond acceptors (Lipinski definition) is 4. The van der Waals surface area contributed by atoms with Crippen molar-refractivity contribution >= 4 is 15.9 Å². The third-order valence-corrected chi connectivity index (χ3v) is 7.15. The van der Waals surface area contributed by atoms with Crippen molar-refractivity contribution in [1.82, 2.24) is 9.21 Å². The highest BCUT2D eigenvalue weighted by atomic mass is 32.2. The third-order valence-electron chi connectivity index (χ3n) is 5.24. The second-order valence-corrected chi connectivity index (χ2v) is 8.99. The van der Waals surface area contributed by atoms with E-state index in [0.717, 1.165) is 5.56 Å². The summed E-state index contributed by atoms with van der Waals surface area (Å²) in [5.74, 6) is -0.000931. The van der Waals surface area contributed by atoms with Gasteiger partial charge in [0, 0.05) is 32.1 Å². The van der Waals surface area contributed by atoms with Crippen LogP contribution in [0.25, 0.3) is 0 Å². The molecule has 1 aromatic rings. The van der Waals surface area contributed by atoms with Crippen LogP contribution in [-0.4, -0.2) is 60.9 Å². The predicted molar refractivity (Wildman–Crippen MR) is 94.5 cm³/mol. The van der Waals surface area contributed by atoms with Crippen LogP contribution in [0, 0.1) is 12.8 Å². The maximum Gasteiger partial charge on any atom is 0.243 e. The summed E-state index contributed by atoms with van der Waals surface area (Å²) < 4.78 is 26.9. The van der Waals surface area contributed by atoms with E-state index >= 15 is 0 Å². The molecule has 1 amide bonds. The fourth-order valence-electron chi connectivity index (χ4n) is 3.55. The van der Waals surface area contributed by atoms with Crippen LogP contribution in [0.4, 0.5) is 0 Å². The number of piperidine rings is 2. The number of benzene rings is 1. The van der Waals surface area contributed by atoms with Crippen LogP contribution in [0.2, 0.25) is 0 Å². The van der Waals surface area contributed by atoms with Gasteiger partial charge in [0.15, 0.2) is 0 Å². The van der Waals surface area contributed by atoms with Crippen molar-refractivity contribution in [1.29, 1.82) is 0 Å². The molecule has 138 valence electrons. The Balaban J connectivity index is 1.59. The van der Waals surface area contributed by atoms with Gasteiger partial charge in [0.1, 0.15) is 0 Å². The van der Waals surface area contributed by atoms with Crippen molar-refractivity contribution in [2.24, 2.45) is 5.92 Å². The average molecular weight is 366 g/mol. The number of carbonyl (C=O) groups is 1. The van der Waals surface area contributed by atoms with Gasteiger partial charge in [-0.3, -0.25) is 4.79 Å². The van der Waals surface area contributed by atoms with Gasteiger partial charge >= 0.3 is 0 Å². The van der Waals surface area contributed by atoms with Crippen LogP contribution in [0.3, 0.4) is 0 Å². The number of aryl methyl sites for hydroxylation is 1. The molecule has 0 saturated carbocycles. The predicted octanol–water partition coefficient (Wildman–Crippen LogP) is 1.38. The molecular formula is C18H26N2O4S. The van der Waals surface area contributed by atoms with Gasteiger partial charge in [-0.25, -0.2) is 8.42 Å². The molecule has 0 spiro atoms. The Hall–Kier alpha value is -1.44. The first kappa shape index (κ1) is 18.4. The molecule has 3 rings (SSSR count). The number of rotatable bonds is 3. The first-order valence-electron chi connectivity index (χ1n) is 8.91. The minimum absolute atomic E-state index is 0.110. The number of aliphatic hydroxyl groups excluding tert-OH is 1. The van der Waals surface area contributed by atoms with Gasteiger partial charge in [0.25, 0.3) is 0 Å². The first-order chi connectivity index (χ1) is 11.9. The van der Waals surface area contributed by atoms with E-state index in [1.54, 1.807) is 24.3 Å². The highest BCUT2D eigenvalue weighted by Gasteiger charge is 2.34. The summed E-state index contributed by atoms with van der Waals surface area (Å²) in [7, 11) is -3.48. The van der Waals surface area contributed by atoms with Gasteiger partial charge in [0.2, 0.25) is 15.9 Å². The maximum absolute atomic E-state index is 12.7. The van der Waals surface area contributed by atoms with Gasteiger partial charge in [-0.05, 0) is 44.7 Å². The molecule has 1 aromatic carbocycles. The Labute approximate surface area is 149 Å². The van der Waals surface area contributed by atoms with Gasteiger partial charge in [-0.2, -0.15) is 4.31 Å². The van der Waals surface area contributed by atoms with Crippen molar-refractivity contribution in [3.05, 3.63) is 29.8 Å². The van der Waals surface area contributed by atoms with Gasteiger partial charge in [0.05, 0.1) is 11.0 Å². The molecule has 0 bridgehead atoms. The lowest BCUT2D eigenvalue weighted by atomic mass is 9.95. The van der Waals surface area contributed by atoms with E-state index in [4.69, 9.17) is 0 Å². The number of aliphatic hydroxyl groups is 1. The van der Waals surface area contributed by atoms with Crippen LogP contribution in [0.15, 0.2) is 29.2 Å². The molecule has 0 atom stereocenters. The molecule has 2 aliphatic rings. The summed E-state index contributed by atoms with van der Waals surface area (Å²) in [6.45, 7) is 3.88. The first-order valence-corrected chi connectivity index (χ1v) is 10.4. The summed E-state index contributed by atoms with van der Waals surface area (Å²) >= 11 is 0. The molecule has 0 aromatic heterocycles. The van der Waals surface area contributed by atoms with E-state index in [2.05, 4.69) is 0 Å². The minimum Gasteiger partial charge on any atom is -0.393 e. The normalized spacial score (nSPS) is 21.4. The zero-order chi connectivity index (χ0) is 18.0. The molecular weight excluding hydrogens is 340 g/mol. The lowest BCUT2D eigenvalue weighted by Crippen LogP contribution is -2.47. The Bertz CT molecular complexity index is 701. The quantitative estimate of drug-likeness (QED) is 0.877. The number of sulfonamides is 1. The Morgan fingerprint density at radius 1 is 1.00 bits per heavy atom. The zero-order valence-electron chi connectivity index (χ0n) is 14.6. The van der Waals surface area contributed by atoms with E-state index in [9.17, 15) is 18.3 Å². The van der Waals surface area contributed by atoms with Crippen molar-refractivity contribution in [2.45, 2.75) is 43.6 Å². The molecule has 6 nitrogen and oxygen atoms in total. The standard InChI is InChI=1S/C18H26N2O4S/c1-14-2-4-17(5-3-14)25(23,24)20-12-6-15(7-13-20)18(22)19-10-8-16(21)9-11-19/h2-5,15-16,21H,6-13H2,1H3. The molecule has 0 radical (unpaired) electrons. The molecule has 0 aliphatic carbocycles. The second-order valence-electron chi connectivity index (χ2n) is 7.05. The van der Waals surface area contributed by atoms with Gasteiger partial charge < -0.3 is 10.0 Å². The third kappa shape index (κ3) is 4.04. The molecule has 2 saturated heterocycles. The SMILES string of the molecule is Cc1ccc(S(=O)(=O)N2CCC(C(=O)N3CCC(O)CC3)CC2)cc1. The van der Waals surface area contributed by atoms with Gasteiger partial charge in [-0.15, -0.1) is 0 Å². The van der Waals surface area contributed by atoms with Crippen LogP contribution in [-0.2, 0) is 14.8 Å². The number of carbonyl (C=O) groups excluding carboxylic acids is 1. The van der Waals surface area contributed by atoms with Crippen molar-refractivity contribution in [2.75, 3.05) is 26.2 Å². The van der Waals surface area contributed by atoms with Crippen LogP contribution < -0.4 is 0 Å². The summed E-state index contributed by atoms with van der Waals surface area (Å²) in [6.07, 6.45) is 2.08. The Kier molecular flexibility index (Phi) is 5.46. The highest BCUT2D eigenvalue weighted by Crippen LogP contribution is 2.26. The average Bonchev–Trinajstić information content (AvgIpc) is 2.62. The fourth-order valence-corrected chi connectivity index (χ4v) is 5.02. The molecule has 2 fully saturated rings. The van der Waals surface area contributed by atoms with E-state index in [-0.39, 0.29) is 17.9 Å². The highest BCUT2D eigenvalue weighted by molar-refractivity contribution is 7.89. The second kappa shape index (κ2) is 7.43. The smallest absolute Gasteiger partial charge is 0.243 e. The van der Waals surface area contributed by atoms with Crippen molar-refractivity contribution < 1.29 is 18.3 Å². The largest absolute Gasteiger partial charge is 0.393 e. The Morgan fingerprint density at radius 3 is 2.12 bits per heavy atom. The zero-order valence-corrected chi connectivity index (χ0v) is 15.4. The van der Waals surface area contributed by atoms with Crippen molar-refractivity contribution in [3.63, 3.8) is 0 Å². The van der Waals surface area contributed by atoms with E-state index in [0.29, 0.717) is 56.8 Å². The Morgan fingerprint density at radius 2 is 1.56 bits per heavy atom. The van der Waals surface area contributed by atoms with E-state index in [1.807, 2.05) is 11.8 Å². The molecule has 7 heteroatoms. The number of hydrogen-bond donors (Lipinski definition) is 1. The van der Waals surface area contributed by atoms with Crippen LogP contribution >= 0.6 is 0 Å². The van der Waals surface area contributed by atoms with Crippen LogP contribution in [0.1, 0.15) is 31.2 Å². The monoisotopic (exact) mass is 366 g/mol. The van der Waals surface area contributed by atoms with Gasteiger partial charge in [-0.1, -0.05) is 17.7 Å². The number of amides is 1. The number of nitrogens with zero attached hydrogens (tertiary/aromatic N) is 2. The fraction of sp³-hybridized carbons (Fsp3) is 0.611. The lowest BCUT2D eigenvalue weighted by molar-refractivity contribution is -0.138. The molecule has 2 heterocycles. The summed E-state index contributed by atoms with van der Waals surface area (Å²) in [5, 5.41) is 9.56. The topological polar surface area (TPSA) is 77.9 Å². The molecule has 0 unspecified atom stereocenters. The molecule has 25 heavy (non-hydrogen) atoms. The molecule has 2 aliphatic heterocycles.